The largest absolute Gasteiger partial charge is 1.00 e. The van der Waals surface area contributed by atoms with Gasteiger partial charge in [0.05, 0.1) is 26.1 Å². The fraction of sp³-hybridized carbons (Fsp3) is 0.304. The van der Waals surface area contributed by atoms with Crippen molar-refractivity contribution in [2.24, 2.45) is 0 Å². The van der Waals surface area contributed by atoms with Gasteiger partial charge in [-0.05, 0) is 34.0 Å². The van der Waals surface area contributed by atoms with Gasteiger partial charge in [0.2, 0.25) is 11.6 Å². The van der Waals surface area contributed by atoms with Crippen molar-refractivity contribution in [2.75, 3.05) is 26.2 Å². The predicted octanol–water partition coefficient (Wildman–Crippen LogP) is 1.09. The fourth-order valence-corrected chi connectivity index (χ4v) is 4.63. The number of benzene rings is 3. The summed E-state index contributed by atoms with van der Waals surface area (Å²) in [5.41, 5.74) is 0.884. The Kier molecular flexibility index (Phi) is 5.00. The number of hydrogen-bond donors (Lipinski definition) is 0. The van der Waals surface area contributed by atoms with Crippen molar-refractivity contribution in [2.45, 2.75) is 19.3 Å². The molecule has 0 atom stereocenters. The van der Waals surface area contributed by atoms with E-state index in [4.69, 9.17) is 0 Å². The van der Waals surface area contributed by atoms with E-state index in [1.165, 1.54) is 12.3 Å². The van der Waals surface area contributed by atoms with Crippen LogP contribution in [0.25, 0.3) is 21.5 Å². The van der Waals surface area contributed by atoms with Crippen molar-refractivity contribution in [3.63, 3.8) is 0 Å². The molecule has 2 aliphatic rings. The first-order valence-electron chi connectivity index (χ1n) is 9.61. The molecule has 0 fully saturated rings. The monoisotopic (exact) mass is 422 g/mol. The number of carbonyl (C=O) groups excluding carboxylic acids is 1. The maximum Gasteiger partial charge on any atom is 0.247 e. The molecule has 0 spiro atoms. The van der Waals surface area contributed by atoms with Gasteiger partial charge in [-0.3, -0.25) is 14.3 Å². The SMILES string of the molecule is O=C(CN1CCC[N+]2=C1CCC2)c1c2ccccc2cc2ccccc12.[Br-]. The van der Waals surface area contributed by atoms with Crippen LogP contribution in [0.1, 0.15) is 29.6 Å². The second-order valence-corrected chi connectivity index (χ2v) is 7.40. The van der Waals surface area contributed by atoms with Gasteiger partial charge in [-0.1, -0.05) is 48.5 Å². The van der Waals surface area contributed by atoms with Crippen LogP contribution in [-0.4, -0.2) is 47.3 Å². The molecule has 0 amide bonds. The molecule has 0 N–H and O–H groups in total. The van der Waals surface area contributed by atoms with E-state index in [0.717, 1.165) is 59.6 Å². The number of nitrogens with zero attached hydrogens (tertiary/aromatic N) is 2. The molecular weight excluding hydrogens is 400 g/mol. The third-order valence-electron chi connectivity index (χ3n) is 5.80. The van der Waals surface area contributed by atoms with Crippen LogP contribution in [0.3, 0.4) is 0 Å². The molecule has 3 nitrogen and oxygen atoms in total. The Labute approximate surface area is 170 Å². The van der Waals surface area contributed by atoms with Gasteiger partial charge in [0.15, 0.2) is 0 Å². The van der Waals surface area contributed by atoms with Crippen LogP contribution in [0, 0.1) is 0 Å². The van der Waals surface area contributed by atoms with E-state index < -0.39 is 0 Å². The van der Waals surface area contributed by atoms with Gasteiger partial charge >= 0.3 is 0 Å². The van der Waals surface area contributed by atoms with Gasteiger partial charge in [-0.25, -0.2) is 0 Å². The van der Waals surface area contributed by atoms with Crippen molar-refractivity contribution in [1.29, 1.82) is 0 Å². The predicted molar refractivity (Wildman–Crippen MR) is 106 cm³/mol. The van der Waals surface area contributed by atoms with Crippen LogP contribution in [0.2, 0.25) is 0 Å². The van der Waals surface area contributed by atoms with E-state index in [1.807, 2.05) is 24.3 Å². The molecule has 0 saturated carbocycles. The van der Waals surface area contributed by atoms with E-state index >= 15 is 0 Å². The third-order valence-corrected chi connectivity index (χ3v) is 5.80. The van der Waals surface area contributed by atoms with Crippen molar-refractivity contribution in [1.82, 2.24) is 4.90 Å². The number of rotatable bonds is 3. The Morgan fingerprint density at radius 3 is 2.26 bits per heavy atom. The molecule has 138 valence electrons. The Hall–Kier alpha value is -2.20. The van der Waals surface area contributed by atoms with Crippen molar-refractivity contribution < 1.29 is 26.4 Å². The first-order valence-corrected chi connectivity index (χ1v) is 9.61. The Balaban J connectivity index is 0.00000180. The van der Waals surface area contributed by atoms with Gasteiger partial charge in [0.1, 0.15) is 6.54 Å². The molecular formula is C23H23BrN2O. The number of halogens is 1. The third kappa shape index (κ3) is 3.16. The normalized spacial score (nSPS) is 16.5. The smallest absolute Gasteiger partial charge is 0.247 e. The molecule has 0 aliphatic carbocycles. The van der Waals surface area contributed by atoms with E-state index in [-0.39, 0.29) is 22.8 Å². The van der Waals surface area contributed by atoms with Crippen LogP contribution >= 0.6 is 0 Å². The second kappa shape index (κ2) is 7.43. The Bertz CT molecular complexity index is 1000. The quantitative estimate of drug-likeness (QED) is 0.358. The van der Waals surface area contributed by atoms with Crippen molar-refractivity contribution >= 4 is 33.2 Å². The number of fused-ring (bicyclic) bond motifs is 2. The van der Waals surface area contributed by atoms with Gasteiger partial charge in [0.25, 0.3) is 0 Å². The highest BCUT2D eigenvalue weighted by molar-refractivity contribution is 6.19. The lowest BCUT2D eigenvalue weighted by Crippen LogP contribution is -3.00. The summed E-state index contributed by atoms with van der Waals surface area (Å²) in [6.07, 6.45) is 3.48. The summed E-state index contributed by atoms with van der Waals surface area (Å²) in [7, 11) is 0. The Morgan fingerprint density at radius 1 is 0.926 bits per heavy atom. The molecule has 0 radical (unpaired) electrons. The molecule has 0 aromatic heterocycles. The summed E-state index contributed by atoms with van der Waals surface area (Å²) in [6.45, 7) is 3.79. The average molecular weight is 423 g/mol. The van der Waals surface area contributed by atoms with Crippen LogP contribution in [0.4, 0.5) is 0 Å². The molecule has 3 aromatic carbocycles. The second-order valence-electron chi connectivity index (χ2n) is 7.40. The number of hydrogen-bond acceptors (Lipinski definition) is 2. The summed E-state index contributed by atoms with van der Waals surface area (Å²) in [6, 6.07) is 18.7. The molecule has 2 heterocycles. The number of ketones is 1. The van der Waals surface area contributed by atoms with Crippen LogP contribution in [-0.2, 0) is 0 Å². The number of amidine groups is 1. The molecule has 27 heavy (non-hydrogen) atoms. The fourth-order valence-electron chi connectivity index (χ4n) is 4.63. The average Bonchev–Trinajstić information content (AvgIpc) is 3.16. The van der Waals surface area contributed by atoms with Crippen LogP contribution in [0.15, 0.2) is 54.6 Å². The minimum atomic E-state index is 0. The zero-order chi connectivity index (χ0) is 17.5. The van der Waals surface area contributed by atoms with Gasteiger partial charge in [-0.2, -0.15) is 0 Å². The lowest BCUT2D eigenvalue weighted by Gasteiger charge is -2.23. The summed E-state index contributed by atoms with van der Waals surface area (Å²) >= 11 is 0. The van der Waals surface area contributed by atoms with Crippen molar-refractivity contribution in [3.05, 3.63) is 60.2 Å². The van der Waals surface area contributed by atoms with E-state index in [1.54, 1.807) is 0 Å². The lowest BCUT2D eigenvalue weighted by atomic mass is 9.94. The van der Waals surface area contributed by atoms with Crippen LogP contribution < -0.4 is 17.0 Å². The van der Waals surface area contributed by atoms with E-state index in [9.17, 15) is 4.79 Å². The highest BCUT2D eigenvalue weighted by atomic mass is 79.9. The standard InChI is InChI=1S/C23H23N2O.BrH/c26-21(16-25-14-6-13-24-12-5-11-22(24)25)23-19-9-3-1-7-17(19)15-18-8-2-4-10-20(18)23;/h1-4,7-10,15H,5-6,11-14,16H2;1H/q+1;/p-1. The highest BCUT2D eigenvalue weighted by Crippen LogP contribution is 2.29. The van der Waals surface area contributed by atoms with Crippen molar-refractivity contribution in [3.8, 4) is 0 Å². The van der Waals surface area contributed by atoms with Gasteiger partial charge in [0, 0.05) is 12.0 Å². The zero-order valence-corrected chi connectivity index (χ0v) is 16.9. The topological polar surface area (TPSA) is 23.3 Å². The van der Waals surface area contributed by atoms with Gasteiger partial charge < -0.3 is 17.0 Å². The molecule has 4 heteroatoms. The highest BCUT2D eigenvalue weighted by Gasteiger charge is 2.33. The number of carbonyl (C=O) groups is 1. The molecule has 2 aliphatic heterocycles. The molecule has 3 aromatic rings. The van der Waals surface area contributed by atoms with Crippen LogP contribution in [0.5, 0.6) is 0 Å². The first-order chi connectivity index (χ1) is 12.8. The number of Topliss-reactive ketones (excluding diaryl/α,β-unsaturated/α-hetero) is 1. The summed E-state index contributed by atoms with van der Waals surface area (Å²) in [5, 5.41) is 4.43. The molecule has 0 bridgehead atoms. The zero-order valence-electron chi connectivity index (χ0n) is 15.3. The molecule has 5 rings (SSSR count). The minimum Gasteiger partial charge on any atom is -1.00 e. The molecule has 0 unspecified atom stereocenters. The van der Waals surface area contributed by atoms with E-state index in [2.05, 4.69) is 39.8 Å². The minimum absolute atomic E-state index is 0. The Morgan fingerprint density at radius 2 is 1.56 bits per heavy atom. The maximum absolute atomic E-state index is 13.5. The first kappa shape index (κ1) is 18.2. The van der Waals surface area contributed by atoms with Gasteiger partial charge in [-0.15, -0.1) is 0 Å². The summed E-state index contributed by atoms with van der Waals surface area (Å²) in [5.74, 6) is 1.62. The lowest BCUT2D eigenvalue weighted by molar-refractivity contribution is -0.529. The molecule has 0 saturated heterocycles. The van der Waals surface area contributed by atoms with E-state index in [0.29, 0.717) is 6.54 Å². The summed E-state index contributed by atoms with van der Waals surface area (Å²) in [4.78, 5) is 15.8. The maximum atomic E-state index is 13.5. The summed E-state index contributed by atoms with van der Waals surface area (Å²) < 4.78 is 2.47.